The van der Waals surface area contributed by atoms with E-state index in [0.29, 0.717) is 11.5 Å². The van der Waals surface area contributed by atoms with Crippen molar-refractivity contribution >= 4 is 16.9 Å². The van der Waals surface area contributed by atoms with Crippen LogP contribution in [0.25, 0.3) is 11.1 Å². The molecule has 6 nitrogen and oxygen atoms in total. The Labute approximate surface area is 111 Å². The first kappa shape index (κ1) is 12.3. The maximum atomic E-state index is 5.61. The monoisotopic (exact) mass is 262 g/mol. The molecule has 2 aromatic heterocycles. The van der Waals surface area contributed by atoms with E-state index in [1.807, 2.05) is 13.8 Å². The number of fused-ring (bicyclic) bond motifs is 1. The van der Waals surface area contributed by atoms with Crippen LogP contribution in [0.3, 0.4) is 0 Å². The van der Waals surface area contributed by atoms with Crippen LogP contribution in [-0.4, -0.2) is 34.4 Å². The normalized spacial score (nSPS) is 19.2. The molecule has 6 heteroatoms. The van der Waals surface area contributed by atoms with Gasteiger partial charge in [-0.15, -0.1) is 0 Å². The third kappa shape index (κ3) is 2.40. The molecule has 1 saturated heterocycles. The summed E-state index contributed by atoms with van der Waals surface area (Å²) in [6, 6.07) is 0. The van der Waals surface area contributed by atoms with Crippen molar-refractivity contribution in [2.45, 2.75) is 39.2 Å². The third-order valence-electron chi connectivity index (χ3n) is 3.37. The van der Waals surface area contributed by atoms with E-state index in [4.69, 9.17) is 9.26 Å². The Kier molecular flexibility index (Phi) is 3.33. The molecular weight excluding hydrogens is 244 g/mol. The number of ether oxygens (including phenoxy) is 1. The van der Waals surface area contributed by atoms with Crippen LogP contribution in [0.4, 0.5) is 5.82 Å². The van der Waals surface area contributed by atoms with Gasteiger partial charge in [0, 0.05) is 13.2 Å². The summed E-state index contributed by atoms with van der Waals surface area (Å²) in [4.78, 5) is 8.74. The number of hydrogen-bond acceptors (Lipinski definition) is 6. The largest absolute Gasteiger partial charge is 0.376 e. The Bertz CT molecular complexity index is 575. The molecule has 3 rings (SSSR count). The maximum Gasteiger partial charge on any atom is 0.263 e. The van der Waals surface area contributed by atoms with E-state index in [1.165, 1.54) is 0 Å². The van der Waals surface area contributed by atoms with Crippen molar-refractivity contribution in [1.29, 1.82) is 0 Å². The zero-order chi connectivity index (χ0) is 13.2. The first-order valence-electron chi connectivity index (χ1n) is 6.76. The molecule has 2 aromatic rings. The minimum atomic E-state index is 0.273. The van der Waals surface area contributed by atoms with Crippen LogP contribution in [0.2, 0.25) is 0 Å². The molecule has 19 heavy (non-hydrogen) atoms. The van der Waals surface area contributed by atoms with E-state index in [9.17, 15) is 0 Å². The molecule has 0 amide bonds. The number of anilines is 1. The summed E-state index contributed by atoms with van der Waals surface area (Å²) in [6.45, 7) is 5.52. The third-order valence-corrected chi connectivity index (χ3v) is 3.37. The minimum Gasteiger partial charge on any atom is -0.376 e. The van der Waals surface area contributed by atoms with Crippen LogP contribution >= 0.6 is 0 Å². The van der Waals surface area contributed by atoms with Crippen molar-refractivity contribution in [3.63, 3.8) is 0 Å². The molecule has 1 atom stereocenters. The van der Waals surface area contributed by atoms with Crippen LogP contribution < -0.4 is 5.32 Å². The fourth-order valence-corrected chi connectivity index (χ4v) is 2.40. The molecule has 0 aliphatic carbocycles. The van der Waals surface area contributed by atoms with Gasteiger partial charge < -0.3 is 14.6 Å². The van der Waals surface area contributed by atoms with E-state index in [-0.39, 0.29) is 6.10 Å². The molecule has 0 unspecified atom stereocenters. The predicted molar refractivity (Wildman–Crippen MR) is 71.2 cm³/mol. The van der Waals surface area contributed by atoms with Crippen molar-refractivity contribution in [3.05, 3.63) is 11.5 Å². The van der Waals surface area contributed by atoms with Crippen molar-refractivity contribution in [1.82, 2.24) is 15.1 Å². The summed E-state index contributed by atoms with van der Waals surface area (Å²) in [5, 5.41) is 8.30. The fraction of sp³-hybridized carbons (Fsp3) is 0.615. The molecule has 0 saturated carbocycles. The first-order valence-corrected chi connectivity index (χ1v) is 6.76. The van der Waals surface area contributed by atoms with Gasteiger partial charge in [-0.1, -0.05) is 12.1 Å². The van der Waals surface area contributed by atoms with Gasteiger partial charge in [0.05, 0.1) is 11.8 Å². The molecule has 1 fully saturated rings. The smallest absolute Gasteiger partial charge is 0.263 e. The van der Waals surface area contributed by atoms with Gasteiger partial charge in [0.25, 0.3) is 5.71 Å². The number of aromatic nitrogens is 3. The second-order valence-electron chi connectivity index (χ2n) is 4.80. The molecular formula is C13H18N4O2. The van der Waals surface area contributed by atoms with Crippen molar-refractivity contribution in [2.24, 2.45) is 0 Å². The Morgan fingerprint density at radius 1 is 1.37 bits per heavy atom. The second kappa shape index (κ2) is 5.13. The predicted octanol–water partition coefficient (Wildman–Crippen LogP) is 2.08. The lowest BCUT2D eigenvalue weighted by atomic mass is 10.2. The highest BCUT2D eigenvalue weighted by Gasteiger charge is 2.18. The van der Waals surface area contributed by atoms with E-state index in [1.54, 1.807) is 0 Å². The van der Waals surface area contributed by atoms with Crippen LogP contribution in [-0.2, 0) is 11.2 Å². The zero-order valence-corrected chi connectivity index (χ0v) is 11.3. The molecule has 1 aliphatic heterocycles. The molecule has 0 spiro atoms. The first-order chi connectivity index (χ1) is 9.28. The number of aryl methyl sites for hydroxylation is 2. The van der Waals surface area contributed by atoms with Gasteiger partial charge in [-0.3, -0.25) is 0 Å². The number of nitrogens with zero attached hydrogens (tertiary/aromatic N) is 3. The van der Waals surface area contributed by atoms with Gasteiger partial charge in [0.1, 0.15) is 17.0 Å². The minimum absolute atomic E-state index is 0.273. The molecule has 0 radical (unpaired) electrons. The zero-order valence-electron chi connectivity index (χ0n) is 11.3. The quantitative estimate of drug-likeness (QED) is 0.909. The number of rotatable bonds is 4. The Morgan fingerprint density at radius 3 is 3.00 bits per heavy atom. The lowest BCUT2D eigenvalue weighted by Gasteiger charge is -2.12. The summed E-state index contributed by atoms with van der Waals surface area (Å²) in [7, 11) is 0. The Morgan fingerprint density at radius 2 is 2.26 bits per heavy atom. The van der Waals surface area contributed by atoms with Gasteiger partial charge in [0.2, 0.25) is 0 Å². The van der Waals surface area contributed by atoms with Crippen LogP contribution in [0.5, 0.6) is 0 Å². The van der Waals surface area contributed by atoms with Gasteiger partial charge in [-0.2, -0.15) is 4.98 Å². The molecule has 1 aliphatic rings. The average molecular weight is 262 g/mol. The highest BCUT2D eigenvalue weighted by atomic mass is 16.5. The Balaban J connectivity index is 1.89. The van der Waals surface area contributed by atoms with E-state index < -0.39 is 0 Å². The molecule has 102 valence electrons. The van der Waals surface area contributed by atoms with Crippen LogP contribution in [0.15, 0.2) is 4.52 Å². The number of hydrogen-bond donors (Lipinski definition) is 1. The van der Waals surface area contributed by atoms with Crippen LogP contribution in [0, 0.1) is 6.92 Å². The highest BCUT2D eigenvalue weighted by Crippen LogP contribution is 2.25. The summed E-state index contributed by atoms with van der Waals surface area (Å²) in [5.74, 6) is 1.48. The summed E-state index contributed by atoms with van der Waals surface area (Å²) in [5.41, 5.74) is 1.45. The van der Waals surface area contributed by atoms with Crippen molar-refractivity contribution in [3.8, 4) is 0 Å². The molecule has 3 heterocycles. The maximum absolute atomic E-state index is 5.61. The van der Waals surface area contributed by atoms with Crippen molar-refractivity contribution < 1.29 is 9.26 Å². The fourth-order valence-electron chi connectivity index (χ4n) is 2.40. The second-order valence-corrected chi connectivity index (χ2v) is 4.80. The summed E-state index contributed by atoms with van der Waals surface area (Å²) in [6.07, 6.45) is 3.31. The van der Waals surface area contributed by atoms with E-state index in [0.717, 1.165) is 49.3 Å². The lowest BCUT2D eigenvalue weighted by molar-refractivity contribution is 0.120. The van der Waals surface area contributed by atoms with E-state index in [2.05, 4.69) is 20.4 Å². The van der Waals surface area contributed by atoms with Gasteiger partial charge >= 0.3 is 0 Å². The van der Waals surface area contributed by atoms with Gasteiger partial charge in [-0.25, -0.2) is 4.98 Å². The molecule has 1 N–H and O–H groups in total. The van der Waals surface area contributed by atoms with Gasteiger partial charge in [0.15, 0.2) is 0 Å². The SMILES string of the molecule is CCc1noc2nc(C)nc(NC[C@@H]3CCCO3)c12. The van der Waals surface area contributed by atoms with Crippen LogP contribution in [0.1, 0.15) is 31.3 Å². The van der Waals surface area contributed by atoms with Crippen molar-refractivity contribution in [2.75, 3.05) is 18.5 Å². The topological polar surface area (TPSA) is 73.1 Å². The summed E-state index contributed by atoms with van der Waals surface area (Å²) >= 11 is 0. The molecule has 0 aromatic carbocycles. The molecule has 0 bridgehead atoms. The standard InChI is InChI=1S/C13H18N4O2/c1-3-10-11-12(14-7-9-5-4-6-18-9)15-8(2)16-13(11)19-17-10/h9H,3-7H2,1-2H3,(H,14,15,16)/t9-/m0/s1. The summed E-state index contributed by atoms with van der Waals surface area (Å²) < 4.78 is 10.9. The lowest BCUT2D eigenvalue weighted by Crippen LogP contribution is -2.19. The van der Waals surface area contributed by atoms with Gasteiger partial charge in [-0.05, 0) is 26.2 Å². The van der Waals surface area contributed by atoms with E-state index >= 15 is 0 Å². The average Bonchev–Trinajstić information content (AvgIpc) is 3.04. The Hall–Kier alpha value is -1.69. The number of nitrogens with one attached hydrogen (secondary N) is 1. The highest BCUT2D eigenvalue weighted by molar-refractivity contribution is 5.87.